The molecule has 0 atom stereocenters. The predicted octanol–water partition coefficient (Wildman–Crippen LogP) is 4.68. The molecule has 0 saturated carbocycles. The molecule has 0 bridgehead atoms. The first-order valence-corrected chi connectivity index (χ1v) is 8.26. The van der Waals surface area contributed by atoms with Gasteiger partial charge in [-0.25, -0.2) is 5.43 Å². The molecule has 3 aromatic rings. The highest BCUT2D eigenvalue weighted by atomic mass is 35.5. The molecule has 0 heterocycles. The molecule has 0 aliphatic rings. The Bertz CT molecular complexity index is 942. The summed E-state index contributed by atoms with van der Waals surface area (Å²) < 4.78 is 5.49. The van der Waals surface area contributed by atoms with E-state index in [-0.39, 0.29) is 12.5 Å². The third-order valence-corrected chi connectivity index (χ3v) is 4.30. The van der Waals surface area contributed by atoms with E-state index in [4.69, 9.17) is 27.9 Å². The average molecular weight is 373 g/mol. The molecule has 3 rings (SSSR count). The minimum Gasteiger partial charge on any atom is -0.484 e. The summed E-state index contributed by atoms with van der Waals surface area (Å²) in [6.07, 6.45) is 1.43. The first-order chi connectivity index (χ1) is 12.1. The quantitative estimate of drug-likeness (QED) is 0.522. The molecule has 6 heteroatoms. The first kappa shape index (κ1) is 17.3. The van der Waals surface area contributed by atoms with Crippen LogP contribution in [0.4, 0.5) is 0 Å². The van der Waals surface area contributed by atoms with Gasteiger partial charge in [0.05, 0.1) is 16.3 Å². The van der Waals surface area contributed by atoms with Crippen molar-refractivity contribution in [2.45, 2.75) is 0 Å². The number of rotatable bonds is 5. The molecular weight excluding hydrogens is 359 g/mol. The summed E-state index contributed by atoms with van der Waals surface area (Å²) in [5.41, 5.74) is 3.00. The SMILES string of the molecule is O=C(COc1ccc2ccccc2c1)NN=Cc1cccc(Cl)c1Cl. The maximum Gasteiger partial charge on any atom is 0.277 e. The largest absolute Gasteiger partial charge is 0.484 e. The first-order valence-electron chi connectivity index (χ1n) is 7.51. The van der Waals surface area contributed by atoms with Crippen LogP contribution in [-0.2, 0) is 4.79 Å². The maximum absolute atomic E-state index is 11.8. The monoisotopic (exact) mass is 372 g/mol. The number of carbonyl (C=O) groups is 1. The summed E-state index contributed by atoms with van der Waals surface area (Å²) in [7, 11) is 0. The zero-order valence-corrected chi connectivity index (χ0v) is 14.6. The van der Waals surface area contributed by atoms with E-state index in [2.05, 4.69) is 10.5 Å². The van der Waals surface area contributed by atoms with Crippen LogP contribution < -0.4 is 10.2 Å². The smallest absolute Gasteiger partial charge is 0.277 e. The lowest BCUT2D eigenvalue weighted by atomic mass is 10.1. The zero-order chi connectivity index (χ0) is 17.6. The number of hydrogen-bond acceptors (Lipinski definition) is 3. The van der Waals surface area contributed by atoms with Crippen molar-refractivity contribution >= 4 is 46.1 Å². The van der Waals surface area contributed by atoms with Crippen molar-refractivity contribution in [2.24, 2.45) is 5.10 Å². The van der Waals surface area contributed by atoms with Gasteiger partial charge in [0, 0.05) is 5.56 Å². The van der Waals surface area contributed by atoms with Crippen molar-refractivity contribution in [2.75, 3.05) is 6.61 Å². The van der Waals surface area contributed by atoms with E-state index in [0.29, 0.717) is 21.4 Å². The maximum atomic E-state index is 11.8. The van der Waals surface area contributed by atoms with E-state index in [0.717, 1.165) is 10.8 Å². The van der Waals surface area contributed by atoms with E-state index in [1.54, 1.807) is 18.2 Å². The predicted molar refractivity (Wildman–Crippen MR) is 102 cm³/mol. The Morgan fingerprint density at radius 1 is 1.04 bits per heavy atom. The Kier molecular flexibility index (Phi) is 5.53. The zero-order valence-electron chi connectivity index (χ0n) is 13.1. The molecule has 0 aliphatic heterocycles. The average Bonchev–Trinajstić information content (AvgIpc) is 2.63. The van der Waals surface area contributed by atoms with Crippen LogP contribution in [0.2, 0.25) is 10.0 Å². The topological polar surface area (TPSA) is 50.7 Å². The van der Waals surface area contributed by atoms with Crippen molar-refractivity contribution in [1.29, 1.82) is 0 Å². The van der Waals surface area contributed by atoms with Crippen LogP contribution in [-0.4, -0.2) is 18.7 Å². The highest BCUT2D eigenvalue weighted by Crippen LogP contribution is 2.24. The summed E-state index contributed by atoms with van der Waals surface area (Å²) in [5, 5.41) is 6.83. The van der Waals surface area contributed by atoms with Gasteiger partial charge in [0.2, 0.25) is 0 Å². The number of halogens is 2. The van der Waals surface area contributed by atoms with Crippen molar-refractivity contribution in [1.82, 2.24) is 5.43 Å². The number of amides is 1. The molecule has 25 heavy (non-hydrogen) atoms. The normalized spacial score (nSPS) is 11.0. The highest BCUT2D eigenvalue weighted by Gasteiger charge is 2.04. The Morgan fingerprint density at radius 3 is 2.68 bits per heavy atom. The van der Waals surface area contributed by atoms with Crippen LogP contribution in [0.15, 0.2) is 65.8 Å². The van der Waals surface area contributed by atoms with Gasteiger partial charge in [-0.1, -0.05) is 65.7 Å². The Hall–Kier alpha value is -2.56. The summed E-state index contributed by atoms with van der Waals surface area (Å²) in [5.74, 6) is 0.248. The number of carbonyl (C=O) groups excluding carboxylic acids is 1. The second kappa shape index (κ2) is 8.01. The molecule has 0 aromatic heterocycles. The Labute approximate surface area is 155 Å². The Balaban J connectivity index is 1.55. The lowest BCUT2D eigenvalue weighted by Crippen LogP contribution is -2.24. The molecule has 1 N–H and O–H groups in total. The van der Waals surface area contributed by atoms with Gasteiger partial charge in [-0.05, 0) is 29.0 Å². The second-order valence-corrected chi connectivity index (χ2v) is 6.02. The van der Waals surface area contributed by atoms with Crippen molar-refractivity contribution < 1.29 is 9.53 Å². The number of nitrogens with zero attached hydrogens (tertiary/aromatic N) is 1. The highest BCUT2D eigenvalue weighted by molar-refractivity contribution is 6.43. The molecule has 126 valence electrons. The molecule has 4 nitrogen and oxygen atoms in total. The van der Waals surface area contributed by atoms with Crippen LogP contribution in [0.1, 0.15) is 5.56 Å². The van der Waals surface area contributed by atoms with Crippen LogP contribution in [0.3, 0.4) is 0 Å². The number of benzene rings is 3. The van der Waals surface area contributed by atoms with Gasteiger partial charge in [-0.3, -0.25) is 4.79 Å². The summed E-state index contributed by atoms with van der Waals surface area (Å²) in [4.78, 5) is 11.8. The fraction of sp³-hybridized carbons (Fsp3) is 0.0526. The van der Waals surface area contributed by atoms with Crippen LogP contribution in [0, 0.1) is 0 Å². The van der Waals surface area contributed by atoms with E-state index in [9.17, 15) is 4.79 Å². The molecular formula is C19H14Cl2N2O2. The lowest BCUT2D eigenvalue weighted by Gasteiger charge is -2.06. The minimum atomic E-state index is -0.373. The van der Waals surface area contributed by atoms with Gasteiger partial charge in [-0.2, -0.15) is 5.10 Å². The molecule has 0 aliphatic carbocycles. The number of nitrogens with one attached hydrogen (secondary N) is 1. The molecule has 0 radical (unpaired) electrons. The van der Waals surface area contributed by atoms with Gasteiger partial charge in [0.25, 0.3) is 5.91 Å². The van der Waals surface area contributed by atoms with Crippen molar-refractivity contribution in [3.05, 3.63) is 76.3 Å². The Morgan fingerprint density at radius 2 is 1.84 bits per heavy atom. The van der Waals surface area contributed by atoms with Gasteiger partial charge >= 0.3 is 0 Å². The molecule has 1 amide bonds. The van der Waals surface area contributed by atoms with Gasteiger partial charge in [-0.15, -0.1) is 0 Å². The minimum absolute atomic E-state index is 0.140. The fourth-order valence-corrected chi connectivity index (χ4v) is 2.59. The van der Waals surface area contributed by atoms with E-state index in [1.165, 1.54) is 6.21 Å². The number of ether oxygens (including phenoxy) is 1. The van der Waals surface area contributed by atoms with E-state index in [1.807, 2.05) is 42.5 Å². The molecule has 0 fully saturated rings. The van der Waals surface area contributed by atoms with Crippen molar-refractivity contribution in [3.63, 3.8) is 0 Å². The third kappa shape index (κ3) is 4.50. The lowest BCUT2D eigenvalue weighted by molar-refractivity contribution is -0.123. The summed E-state index contributed by atoms with van der Waals surface area (Å²) >= 11 is 12.0. The molecule has 0 unspecified atom stereocenters. The van der Waals surface area contributed by atoms with Crippen LogP contribution in [0.5, 0.6) is 5.75 Å². The van der Waals surface area contributed by atoms with Crippen LogP contribution in [0.25, 0.3) is 10.8 Å². The third-order valence-electron chi connectivity index (χ3n) is 3.47. The van der Waals surface area contributed by atoms with E-state index >= 15 is 0 Å². The number of hydrogen-bond donors (Lipinski definition) is 1. The van der Waals surface area contributed by atoms with Gasteiger partial charge in [0.15, 0.2) is 6.61 Å². The van der Waals surface area contributed by atoms with Gasteiger partial charge in [0.1, 0.15) is 5.75 Å². The number of hydrazone groups is 1. The fourth-order valence-electron chi connectivity index (χ4n) is 2.23. The van der Waals surface area contributed by atoms with E-state index < -0.39 is 0 Å². The summed E-state index contributed by atoms with van der Waals surface area (Å²) in [6, 6.07) is 18.8. The molecule has 3 aromatic carbocycles. The molecule has 0 spiro atoms. The number of fused-ring (bicyclic) bond motifs is 1. The van der Waals surface area contributed by atoms with Crippen molar-refractivity contribution in [3.8, 4) is 5.75 Å². The van der Waals surface area contributed by atoms with Gasteiger partial charge < -0.3 is 4.74 Å². The molecule has 0 saturated heterocycles. The standard InChI is InChI=1S/C19H14Cl2N2O2/c20-17-7-3-6-15(19(17)21)11-22-23-18(24)12-25-16-9-8-13-4-1-2-5-14(13)10-16/h1-11H,12H2,(H,23,24). The summed E-state index contributed by atoms with van der Waals surface area (Å²) in [6.45, 7) is -0.140. The second-order valence-electron chi connectivity index (χ2n) is 5.23. The van der Waals surface area contributed by atoms with Crippen LogP contribution >= 0.6 is 23.2 Å².